The fraction of sp³-hybridized carbons (Fsp3) is 0.263. The second kappa shape index (κ2) is 9.16. The Hall–Kier alpha value is -2.90. The highest BCUT2D eigenvalue weighted by Crippen LogP contribution is 2.27. The molecule has 27 heavy (non-hydrogen) atoms. The summed E-state index contributed by atoms with van der Waals surface area (Å²) in [6, 6.07) is 5.33. The Kier molecular flexibility index (Phi) is 7.51. The maximum absolute atomic E-state index is 13.4. The zero-order valence-corrected chi connectivity index (χ0v) is 15.1. The van der Waals surface area contributed by atoms with Crippen LogP contribution in [0, 0.1) is 5.82 Å². The number of alkyl halides is 3. The Labute approximate surface area is 154 Å². The number of nitrogens with one attached hydrogen (secondary N) is 2. The van der Waals surface area contributed by atoms with Crippen LogP contribution >= 0.6 is 0 Å². The molecule has 1 aromatic rings. The predicted molar refractivity (Wildman–Crippen MR) is 95.0 cm³/mol. The van der Waals surface area contributed by atoms with Gasteiger partial charge < -0.3 is 10.6 Å². The summed E-state index contributed by atoms with van der Waals surface area (Å²) in [7, 11) is 1.40. The number of hydrogen-bond donors (Lipinski definition) is 2. The second-order valence-corrected chi connectivity index (χ2v) is 5.74. The van der Waals surface area contributed by atoms with Crippen LogP contribution < -0.4 is 10.6 Å². The van der Waals surface area contributed by atoms with E-state index in [1.165, 1.54) is 31.3 Å². The number of allylic oxidation sites excluding steroid dienone is 1. The third-order valence-electron chi connectivity index (χ3n) is 3.76. The third-order valence-corrected chi connectivity index (χ3v) is 3.76. The highest BCUT2D eigenvalue weighted by atomic mass is 19.4. The van der Waals surface area contributed by atoms with Crippen LogP contribution in [0.5, 0.6) is 0 Å². The van der Waals surface area contributed by atoms with Crippen LogP contribution in [-0.4, -0.2) is 31.6 Å². The van der Waals surface area contributed by atoms with Crippen LogP contribution in [0.25, 0.3) is 5.57 Å². The van der Waals surface area contributed by atoms with Crippen molar-refractivity contribution in [1.82, 2.24) is 10.6 Å². The largest absolute Gasteiger partial charge is 0.412 e. The summed E-state index contributed by atoms with van der Waals surface area (Å²) in [5.41, 5.74) is -0.799. The lowest BCUT2D eigenvalue weighted by Crippen LogP contribution is -2.28. The molecule has 0 atom stereocenters. The van der Waals surface area contributed by atoms with Crippen molar-refractivity contribution >= 4 is 17.4 Å². The van der Waals surface area contributed by atoms with E-state index in [1.807, 2.05) is 0 Å². The summed E-state index contributed by atoms with van der Waals surface area (Å²) in [5, 5.41) is 4.73. The van der Waals surface area contributed by atoms with Crippen LogP contribution in [0.3, 0.4) is 0 Å². The molecule has 0 fully saturated rings. The van der Waals surface area contributed by atoms with Gasteiger partial charge in [0.25, 0.3) is 5.91 Å². The van der Waals surface area contributed by atoms with Crippen molar-refractivity contribution in [2.75, 3.05) is 13.6 Å². The minimum absolute atomic E-state index is 0.106. The summed E-state index contributed by atoms with van der Waals surface area (Å²) in [4.78, 5) is 23.9. The van der Waals surface area contributed by atoms with E-state index in [4.69, 9.17) is 0 Å². The van der Waals surface area contributed by atoms with E-state index >= 15 is 0 Å². The average Bonchev–Trinajstić information content (AvgIpc) is 2.61. The van der Waals surface area contributed by atoms with Gasteiger partial charge in [-0.05, 0) is 43.2 Å². The molecular weight excluding hydrogens is 364 g/mol. The molecule has 1 aromatic carbocycles. The fourth-order valence-corrected chi connectivity index (χ4v) is 2.04. The summed E-state index contributed by atoms with van der Waals surface area (Å²) >= 11 is 0. The number of carbonyl (C=O) groups is 2. The first-order chi connectivity index (χ1) is 12.5. The van der Waals surface area contributed by atoms with Gasteiger partial charge in [0.2, 0.25) is 5.91 Å². The molecule has 2 N–H and O–H groups in total. The molecule has 0 aliphatic rings. The number of carbonyl (C=O) groups excluding carboxylic acids is 2. The van der Waals surface area contributed by atoms with Gasteiger partial charge in [-0.1, -0.05) is 18.7 Å². The maximum Gasteiger partial charge on any atom is 0.412 e. The van der Waals surface area contributed by atoms with Crippen LogP contribution in [0.15, 0.2) is 53.6 Å². The van der Waals surface area contributed by atoms with E-state index in [1.54, 1.807) is 0 Å². The molecule has 0 unspecified atom stereocenters. The van der Waals surface area contributed by atoms with E-state index in [0.717, 1.165) is 19.9 Å². The van der Waals surface area contributed by atoms with Crippen molar-refractivity contribution < 1.29 is 27.2 Å². The van der Waals surface area contributed by atoms with E-state index in [0.29, 0.717) is 5.56 Å². The third kappa shape index (κ3) is 6.40. The number of rotatable bonds is 6. The first-order valence-electron chi connectivity index (χ1n) is 7.87. The molecule has 1 rings (SSSR count). The molecule has 0 radical (unpaired) electrons. The van der Waals surface area contributed by atoms with Gasteiger partial charge >= 0.3 is 6.18 Å². The maximum atomic E-state index is 13.4. The Morgan fingerprint density at radius 1 is 1.19 bits per heavy atom. The van der Waals surface area contributed by atoms with E-state index in [2.05, 4.69) is 17.2 Å². The zero-order valence-electron chi connectivity index (χ0n) is 15.1. The fourth-order valence-electron chi connectivity index (χ4n) is 2.04. The van der Waals surface area contributed by atoms with Crippen molar-refractivity contribution in [3.63, 3.8) is 0 Å². The first kappa shape index (κ1) is 22.1. The lowest BCUT2D eigenvalue weighted by molar-refractivity contribution is -0.119. The van der Waals surface area contributed by atoms with E-state index in [-0.39, 0.29) is 17.7 Å². The van der Waals surface area contributed by atoms with Crippen molar-refractivity contribution in [3.8, 4) is 0 Å². The smallest absolute Gasteiger partial charge is 0.355 e. The van der Waals surface area contributed by atoms with Crippen LogP contribution in [0.2, 0.25) is 0 Å². The average molecular weight is 384 g/mol. The lowest BCUT2D eigenvalue weighted by Gasteiger charge is -2.12. The summed E-state index contributed by atoms with van der Waals surface area (Å²) in [5.74, 6) is -1.94. The normalized spacial score (nSPS) is 12.9. The Bertz CT molecular complexity index is 808. The molecule has 0 aliphatic heterocycles. The summed E-state index contributed by atoms with van der Waals surface area (Å²) in [6.07, 6.45) is -3.26. The highest BCUT2D eigenvalue weighted by molar-refractivity contribution is 6.19. The summed E-state index contributed by atoms with van der Waals surface area (Å²) < 4.78 is 51.3. The van der Waals surface area contributed by atoms with E-state index < -0.39 is 35.0 Å². The molecule has 0 spiro atoms. The van der Waals surface area contributed by atoms with Gasteiger partial charge in [-0.3, -0.25) is 9.59 Å². The second-order valence-electron chi connectivity index (χ2n) is 5.74. The van der Waals surface area contributed by atoms with Crippen molar-refractivity contribution in [2.24, 2.45) is 0 Å². The monoisotopic (exact) mass is 384 g/mol. The minimum atomic E-state index is -4.60. The Balaban J connectivity index is 2.97. The zero-order chi connectivity index (χ0) is 20.8. The number of halogens is 4. The Morgan fingerprint density at radius 3 is 2.33 bits per heavy atom. The van der Waals surface area contributed by atoms with Crippen LogP contribution in [0.4, 0.5) is 17.6 Å². The molecule has 4 nitrogen and oxygen atoms in total. The molecule has 0 heterocycles. The van der Waals surface area contributed by atoms with E-state index in [9.17, 15) is 27.2 Å². The molecule has 0 aliphatic carbocycles. The van der Waals surface area contributed by atoms with Crippen LogP contribution in [-0.2, 0) is 9.59 Å². The standard InChI is InChI=1S/C19H20F4N2O2/c1-11(10-25-17(26)12(2)13(3)19(21,22)23)8-16(18(27)24-4)14-6-5-7-15(20)9-14/h5-9H,1,10H2,2-4H3,(H,24,27)(H,25,26)/b13-12+,16-8-. The SMILES string of the molecule is C=C(/C=C(\C(=O)NC)c1cccc(F)c1)CNC(=O)/C(C)=C(\C)C(F)(F)F. The number of amides is 2. The molecule has 146 valence electrons. The van der Waals surface area contributed by atoms with Crippen molar-refractivity contribution in [1.29, 1.82) is 0 Å². The van der Waals surface area contributed by atoms with Gasteiger partial charge in [-0.25, -0.2) is 4.39 Å². The molecular formula is C19H20F4N2O2. The van der Waals surface area contributed by atoms with Crippen molar-refractivity contribution in [3.05, 3.63) is 65.0 Å². The highest BCUT2D eigenvalue weighted by Gasteiger charge is 2.33. The van der Waals surface area contributed by atoms with Gasteiger partial charge in [0, 0.05) is 30.3 Å². The molecule has 0 bridgehead atoms. The van der Waals surface area contributed by atoms with Gasteiger partial charge in [0.1, 0.15) is 5.82 Å². The number of likely N-dealkylation sites (N-methyl/N-ethyl adjacent to an activating group) is 1. The Morgan fingerprint density at radius 2 is 1.81 bits per heavy atom. The van der Waals surface area contributed by atoms with Crippen molar-refractivity contribution in [2.45, 2.75) is 20.0 Å². The summed E-state index contributed by atoms with van der Waals surface area (Å²) in [6.45, 7) is 5.38. The topological polar surface area (TPSA) is 58.2 Å². The number of hydrogen-bond acceptors (Lipinski definition) is 2. The first-order valence-corrected chi connectivity index (χ1v) is 7.87. The molecule has 8 heteroatoms. The molecule has 0 saturated carbocycles. The molecule has 0 aromatic heterocycles. The predicted octanol–water partition coefficient (Wildman–Crippen LogP) is 3.53. The van der Waals surface area contributed by atoms with Gasteiger partial charge in [0.05, 0.1) is 0 Å². The molecule has 0 saturated heterocycles. The van der Waals surface area contributed by atoms with Gasteiger partial charge in [-0.15, -0.1) is 0 Å². The lowest BCUT2D eigenvalue weighted by atomic mass is 10.0. The van der Waals surface area contributed by atoms with Crippen LogP contribution in [0.1, 0.15) is 19.4 Å². The molecule has 2 amide bonds. The quantitative estimate of drug-likeness (QED) is 0.448. The number of benzene rings is 1. The van der Waals surface area contributed by atoms with Gasteiger partial charge in [0.15, 0.2) is 0 Å². The minimum Gasteiger partial charge on any atom is -0.355 e. The van der Waals surface area contributed by atoms with Gasteiger partial charge in [-0.2, -0.15) is 13.2 Å².